The first-order valence-corrected chi connectivity index (χ1v) is 8.24. The molecule has 1 N–H and O–H groups in total. The first-order chi connectivity index (χ1) is 10.4. The Hall–Kier alpha value is -1.36. The van der Waals surface area contributed by atoms with Crippen molar-refractivity contribution in [2.45, 2.75) is 46.6 Å². The third-order valence-corrected chi connectivity index (χ3v) is 4.91. The molecule has 2 rings (SSSR count). The van der Waals surface area contributed by atoms with Gasteiger partial charge in [-0.15, -0.1) is 0 Å². The zero-order valence-corrected chi connectivity index (χ0v) is 14.5. The monoisotopic (exact) mass is 324 g/mol. The summed E-state index contributed by atoms with van der Waals surface area (Å²) in [7, 11) is 0. The number of benzene rings is 1. The lowest BCUT2D eigenvalue weighted by Crippen LogP contribution is -2.32. The second-order valence-electron chi connectivity index (χ2n) is 5.99. The number of hydrogen-bond donors (Lipinski definition) is 2. The minimum Gasteiger partial charge on any atom is -0.507 e. The smallest absolute Gasteiger partial charge is 0.315 e. The van der Waals surface area contributed by atoms with Crippen molar-refractivity contribution in [1.82, 2.24) is 0 Å². The summed E-state index contributed by atoms with van der Waals surface area (Å²) in [5.41, 5.74) is 3.85. The molecule has 1 aliphatic rings. The van der Waals surface area contributed by atoms with E-state index in [1.807, 2.05) is 27.7 Å². The van der Waals surface area contributed by atoms with Crippen molar-refractivity contribution < 1.29 is 19.4 Å². The highest BCUT2D eigenvalue weighted by molar-refractivity contribution is 7.81. The highest BCUT2D eigenvalue weighted by Gasteiger charge is 2.31. The van der Waals surface area contributed by atoms with Crippen LogP contribution in [0.3, 0.4) is 0 Å². The Bertz CT molecular complexity index is 583. The first kappa shape index (κ1) is 17.0. The van der Waals surface area contributed by atoms with Crippen molar-refractivity contribution in [3.8, 4) is 11.5 Å². The van der Waals surface area contributed by atoms with E-state index in [1.54, 1.807) is 0 Å². The van der Waals surface area contributed by atoms with Crippen LogP contribution in [0.1, 0.15) is 35.6 Å². The van der Waals surface area contributed by atoms with Gasteiger partial charge in [0.1, 0.15) is 11.5 Å². The molecule has 5 heteroatoms. The van der Waals surface area contributed by atoms with Gasteiger partial charge in [-0.3, -0.25) is 4.79 Å². The third kappa shape index (κ3) is 3.19. The lowest BCUT2D eigenvalue weighted by molar-refractivity contribution is -0.141. The van der Waals surface area contributed by atoms with Gasteiger partial charge >= 0.3 is 5.97 Å². The van der Waals surface area contributed by atoms with Crippen LogP contribution < -0.4 is 4.74 Å². The lowest BCUT2D eigenvalue weighted by atomic mass is 9.84. The first-order valence-electron chi connectivity index (χ1n) is 7.61. The molecule has 0 bridgehead atoms. The number of aromatic hydroxyl groups is 1. The van der Waals surface area contributed by atoms with Gasteiger partial charge < -0.3 is 14.6 Å². The molecule has 0 aliphatic carbocycles. The Kier molecular flexibility index (Phi) is 5.27. The van der Waals surface area contributed by atoms with E-state index in [1.165, 1.54) is 0 Å². The highest BCUT2D eigenvalue weighted by atomic mass is 32.1. The molecule has 0 spiro atoms. The van der Waals surface area contributed by atoms with E-state index < -0.39 is 0 Å². The Balaban J connectivity index is 2.17. The number of thiol groups is 1. The number of fused-ring (bicyclic) bond motifs is 1. The zero-order valence-electron chi connectivity index (χ0n) is 13.6. The quantitative estimate of drug-likeness (QED) is 0.660. The standard InChI is InChI=1S/C17H24O4S/c1-9-10(2)17-14(11(3)16(9)19)7-13(12(4)21-17)5-6-20-15(18)8-22/h12-13,19,22H,5-8H2,1-4H3. The van der Waals surface area contributed by atoms with Crippen LogP contribution in [0.5, 0.6) is 11.5 Å². The van der Waals surface area contributed by atoms with Crippen molar-refractivity contribution >= 4 is 18.6 Å². The molecule has 0 radical (unpaired) electrons. The SMILES string of the molecule is Cc1c(C)c2c(c(C)c1O)CC(CCOC(=O)CS)C(C)O2. The van der Waals surface area contributed by atoms with Crippen molar-refractivity contribution in [2.75, 3.05) is 12.4 Å². The van der Waals surface area contributed by atoms with E-state index in [4.69, 9.17) is 9.47 Å². The summed E-state index contributed by atoms with van der Waals surface area (Å²) in [6.45, 7) is 8.25. The van der Waals surface area contributed by atoms with Crippen molar-refractivity contribution in [3.05, 3.63) is 22.3 Å². The molecule has 1 aromatic rings. The molecule has 0 saturated carbocycles. The topological polar surface area (TPSA) is 55.8 Å². The van der Waals surface area contributed by atoms with Gasteiger partial charge in [-0.25, -0.2) is 0 Å². The fraction of sp³-hybridized carbons (Fsp3) is 0.588. The zero-order chi connectivity index (χ0) is 16.4. The maximum absolute atomic E-state index is 11.2. The number of hydrogen-bond acceptors (Lipinski definition) is 5. The molecule has 0 aromatic heterocycles. The summed E-state index contributed by atoms with van der Waals surface area (Å²) in [4.78, 5) is 11.2. The fourth-order valence-corrected chi connectivity index (χ4v) is 3.08. The second kappa shape index (κ2) is 6.82. The molecule has 1 aliphatic heterocycles. The number of carbonyl (C=O) groups is 1. The molecule has 0 fully saturated rings. The van der Waals surface area contributed by atoms with Gasteiger partial charge in [0.15, 0.2) is 0 Å². The van der Waals surface area contributed by atoms with Gasteiger partial charge in [0, 0.05) is 11.5 Å². The van der Waals surface area contributed by atoms with Crippen molar-refractivity contribution in [1.29, 1.82) is 0 Å². The molecule has 122 valence electrons. The Labute approximate surface area is 137 Å². The van der Waals surface area contributed by atoms with Crippen LogP contribution in [-0.2, 0) is 16.0 Å². The Morgan fingerprint density at radius 1 is 1.32 bits per heavy atom. The van der Waals surface area contributed by atoms with Crippen LogP contribution in [0, 0.1) is 26.7 Å². The number of rotatable bonds is 4. The summed E-state index contributed by atoms with van der Waals surface area (Å²) < 4.78 is 11.2. The van der Waals surface area contributed by atoms with Crippen molar-refractivity contribution in [3.63, 3.8) is 0 Å². The maximum atomic E-state index is 11.2. The Morgan fingerprint density at radius 2 is 2.00 bits per heavy atom. The fourth-order valence-electron chi connectivity index (χ4n) is 2.99. The van der Waals surface area contributed by atoms with Crippen molar-refractivity contribution in [2.24, 2.45) is 5.92 Å². The van der Waals surface area contributed by atoms with Crippen LogP contribution in [0.15, 0.2) is 0 Å². The molecule has 1 aromatic carbocycles. The minimum atomic E-state index is -0.298. The van der Waals surface area contributed by atoms with E-state index in [0.29, 0.717) is 12.4 Å². The lowest BCUT2D eigenvalue weighted by Gasteiger charge is -2.34. The molecule has 0 saturated heterocycles. The predicted octanol–water partition coefficient (Wildman–Crippen LogP) is 3.12. The summed E-state index contributed by atoms with van der Waals surface area (Å²) in [6.07, 6.45) is 1.63. The van der Waals surface area contributed by atoms with E-state index in [0.717, 1.165) is 40.8 Å². The largest absolute Gasteiger partial charge is 0.507 e. The Morgan fingerprint density at radius 3 is 2.64 bits per heavy atom. The van der Waals surface area contributed by atoms with Gasteiger partial charge in [0.05, 0.1) is 18.5 Å². The van der Waals surface area contributed by atoms with Gasteiger partial charge in [-0.2, -0.15) is 12.6 Å². The summed E-state index contributed by atoms with van der Waals surface area (Å²) in [5, 5.41) is 10.2. The van der Waals surface area contributed by atoms with Crippen LogP contribution >= 0.6 is 12.6 Å². The summed E-state index contributed by atoms with van der Waals surface area (Å²) in [5.74, 6) is 1.33. The third-order valence-electron chi connectivity index (χ3n) is 4.65. The summed E-state index contributed by atoms with van der Waals surface area (Å²) >= 11 is 3.89. The van der Waals surface area contributed by atoms with Crippen LogP contribution in [0.2, 0.25) is 0 Å². The molecular formula is C17H24O4S. The molecule has 22 heavy (non-hydrogen) atoms. The number of esters is 1. The van der Waals surface area contributed by atoms with E-state index >= 15 is 0 Å². The van der Waals surface area contributed by atoms with Gasteiger partial charge in [0.25, 0.3) is 0 Å². The average molecular weight is 324 g/mol. The van der Waals surface area contributed by atoms with Gasteiger partial charge in [-0.05, 0) is 57.2 Å². The molecule has 1 heterocycles. The van der Waals surface area contributed by atoms with Gasteiger partial charge in [-0.1, -0.05) is 0 Å². The second-order valence-corrected chi connectivity index (χ2v) is 6.30. The number of phenolic OH excluding ortho intramolecular Hbond substituents is 1. The van der Waals surface area contributed by atoms with Crippen LogP contribution in [0.25, 0.3) is 0 Å². The van der Waals surface area contributed by atoms with Crippen LogP contribution in [-0.4, -0.2) is 29.5 Å². The maximum Gasteiger partial charge on any atom is 0.315 e. The summed E-state index contributed by atoms with van der Waals surface area (Å²) in [6, 6.07) is 0. The highest BCUT2D eigenvalue weighted by Crippen LogP contribution is 2.42. The molecule has 2 atom stereocenters. The number of phenols is 1. The molecular weight excluding hydrogens is 300 g/mol. The van der Waals surface area contributed by atoms with Crippen LogP contribution in [0.4, 0.5) is 0 Å². The van der Waals surface area contributed by atoms with E-state index in [-0.39, 0.29) is 23.7 Å². The average Bonchev–Trinajstić information content (AvgIpc) is 2.51. The molecule has 4 nitrogen and oxygen atoms in total. The predicted molar refractivity (Wildman–Crippen MR) is 89.0 cm³/mol. The number of ether oxygens (including phenoxy) is 2. The van der Waals surface area contributed by atoms with Gasteiger partial charge in [0.2, 0.25) is 0 Å². The number of carbonyl (C=O) groups excluding carboxylic acids is 1. The minimum absolute atomic E-state index is 0.0595. The molecule has 2 unspecified atom stereocenters. The normalized spacial score (nSPS) is 20.2. The van der Waals surface area contributed by atoms with E-state index in [9.17, 15) is 9.90 Å². The molecule has 0 amide bonds. The van der Waals surface area contributed by atoms with E-state index in [2.05, 4.69) is 12.6 Å².